The van der Waals surface area contributed by atoms with Gasteiger partial charge >= 0.3 is 0 Å². The predicted molar refractivity (Wildman–Crippen MR) is 318 cm³/mol. The average molecular weight is 983 g/mol. The van der Waals surface area contributed by atoms with Gasteiger partial charge in [-0.2, -0.15) is 0 Å². The third-order valence-electron chi connectivity index (χ3n) is 16.4. The maximum atomic E-state index is 6.48. The first kappa shape index (κ1) is 44.5. The lowest BCUT2D eigenvalue weighted by Gasteiger charge is -2.38. The second-order valence-corrected chi connectivity index (χ2v) is 20.3. The molecule has 362 valence electrons. The molecule has 0 aliphatic heterocycles. The molecule has 15 rings (SSSR count). The van der Waals surface area contributed by atoms with Gasteiger partial charge in [0.2, 0.25) is 0 Å². The summed E-state index contributed by atoms with van der Waals surface area (Å²) in [7, 11) is 0. The molecule has 77 heavy (non-hydrogen) atoms. The number of benzene rings is 12. The van der Waals surface area contributed by atoms with E-state index in [4.69, 9.17) is 4.42 Å². The highest BCUT2D eigenvalue weighted by Gasteiger charge is 2.49. The molecule has 0 saturated carbocycles. The zero-order chi connectivity index (χ0) is 50.9. The standard InChI is InChI=1S/C74H50N2O/c1-5-24-51(25-6-1)73(66-41-17-13-36-60(66)61-37-14-18-42-67(61)73)54-30-21-33-56(48-54)75(59-46-47-71-65(50-59)63-39-16-20-45-70(63)77-71)57-34-22-35-58(49-57)76(55-31-11-4-12-32-55)69-44-23-40-64-62-38-15-19-43-68(62)74(72(64)69,52-26-7-2-8-27-52)53-28-9-3-10-29-53/h1-50H. The Morgan fingerprint density at radius 2 is 0.662 bits per heavy atom. The van der Waals surface area contributed by atoms with Crippen LogP contribution in [0.25, 0.3) is 44.2 Å². The molecule has 0 fully saturated rings. The molecular weight excluding hydrogens is 933 g/mol. The summed E-state index contributed by atoms with van der Waals surface area (Å²) in [6, 6.07) is 111. The minimum absolute atomic E-state index is 0.581. The van der Waals surface area contributed by atoms with E-state index < -0.39 is 10.8 Å². The summed E-state index contributed by atoms with van der Waals surface area (Å²) in [4.78, 5) is 4.92. The Balaban J connectivity index is 0.980. The van der Waals surface area contributed by atoms with Crippen molar-refractivity contribution in [1.82, 2.24) is 0 Å². The van der Waals surface area contributed by atoms with Crippen LogP contribution >= 0.6 is 0 Å². The van der Waals surface area contributed by atoms with Gasteiger partial charge in [-0.25, -0.2) is 0 Å². The van der Waals surface area contributed by atoms with Crippen LogP contribution in [-0.2, 0) is 10.8 Å². The number of para-hydroxylation sites is 2. The fourth-order valence-corrected chi connectivity index (χ4v) is 13.3. The van der Waals surface area contributed by atoms with Crippen molar-refractivity contribution in [3.05, 3.63) is 348 Å². The molecular formula is C74H50N2O. The second kappa shape index (κ2) is 17.9. The fourth-order valence-electron chi connectivity index (χ4n) is 13.3. The first-order valence-electron chi connectivity index (χ1n) is 26.6. The van der Waals surface area contributed by atoms with Crippen molar-refractivity contribution >= 4 is 56.1 Å². The van der Waals surface area contributed by atoms with Crippen molar-refractivity contribution < 1.29 is 4.42 Å². The Kier molecular flexibility index (Phi) is 10.3. The van der Waals surface area contributed by atoms with E-state index in [1.165, 1.54) is 66.8 Å². The van der Waals surface area contributed by atoms with Gasteiger partial charge < -0.3 is 14.2 Å². The second-order valence-electron chi connectivity index (χ2n) is 20.3. The Morgan fingerprint density at radius 1 is 0.247 bits per heavy atom. The molecule has 0 atom stereocenters. The van der Waals surface area contributed by atoms with Gasteiger partial charge in [-0.15, -0.1) is 0 Å². The van der Waals surface area contributed by atoms with Gasteiger partial charge in [-0.1, -0.05) is 231 Å². The van der Waals surface area contributed by atoms with E-state index >= 15 is 0 Å². The lowest BCUT2D eigenvalue weighted by atomic mass is 9.67. The van der Waals surface area contributed by atoms with E-state index in [0.29, 0.717) is 0 Å². The van der Waals surface area contributed by atoms with Crippen LogP contribution in [-0.4, -0.2) is 0 Å². The summed E-state index contributed by atoms with van der Waals surface area (Å²) in [6.45, 7) is 0. The van der Waals surface area contributed by atoms with E-state index in [1.807, 2.05) is 6.07 Å². The number of furan rings is 1. The van der Waals surface area contributed by atoms with Crippen molar-refractivity contribution in [1.29, 1.82) is 0 Å². The topological polar surface area (TPSA) is 19.6 Å². The molecule has 13 aromatic rings. The van der Waals surface area contributed by atoms with Crippen LogP contribution in [0.3, 0.4) is 0 Å². The first-order chi connectivity index (χ1) is 38.2. The molecule has 1 heterocycles. The Hall–Kier alpha value is -9.96. The molecule has 0 amide bonds. The van der Waals surface area contributed by atoms with Gasteiger partial charge in [-0.3, -0.25) is 0 Å². The lowest BCUT2D eigenvalue weighted by Crippen LogP contribution is -2.30. The first-order valence-corrected chi connectivity index (χ1v) is 26.6. The highest BCUT2D eigenvalue weighted by molar-refractivity contribution is 6.07. The monoisotopic (exact) mass is 982 g/mol. The maximum Gasteiger partial charge on any atom is 0.135 e. The predicted octanol–water partition coefficient (Wildman–Crippen LogP) is 19.3. The van der Waals surface area contributed by atoms with Crippen LogP contribution in [0.5, 0.6) is 0 Å². The normalized spacial score (nSPS) is 13.4. The molecule has 0 N–H and O–H groups in total. The molecule has 3 heteroatoms. The third-order valence-corrected chi connectivity index (χ3v) is 16.4. The molecule has 2 aliphatic carbocycles. The van der Waals surface area contributed by atoms with E-state index in [0.717, 1.165) is 56.1 Å². The van der Waals surface area contributed by atoms with Gasteiger partial charge in [0.25, 0.3) is 0 Å². The quantitative estimate of drug-likeness (QED) is 0.136. The number of hydrogen-bond acceptors (Lipinski definition) is 3. The maximum absolute atomic E-state index is 6.48. The summed E-state index contributed by atoms with van der Waals surface area (Å²) in [5, 5.41) is 2.15. The van der Waals surface area contributed by atoms with E-state index in [2.05, 4.69) is 307 Å². The van der Waals surface area contributed by atoms with Crippen LogP contribution in [0.2, 0.25) is 0 Å². The highest BCUT2D eigenvalue weighted by atomic mass is 16.3. The summed E-state index contributed by atoms with van der Waals surface area (Å²) in [5.74, 6) is 0. The molecule has 1 aromatic heterocycles. The molecule has 12 aromatic carbocycles. The zero-order valence-electron chi connectivity index (χ0n) is 42.2. The summed E-state index contributed by atoms with van der Waals surface area (Å²) < 4.78 is 6.48. The fraction of sp³-hybridized carbons (Fsp3) is 0.0270. The SMILES string of the molecule is c1ccc(N(c2cccc(N(c3cccc(C4(c5ccccc5)c5ccccc5-c5ccccc54)c3)c3ccc4oc5ccccc5c4c3)c2)c2cccc3c2C(c2ccccc2)(c2ccccc2)c2ccccc2-3)cc1. The number of rotatable bonds is 10. The zero-order valence-corrected chi connectivity index (χ0v) is 42.2. The number of hydrogen-bond donors (Lipinski definition) is 0. The summed E-state index contributed by atoms with van der Waals surface area (Å²) in [6.07, 6.45) is 0. The smallest absolute Gasteiger partial charge is 0.135 e. The summed E-state index contributed by atoms with van der Waals surface area (Å²) >= 11 is 0. The summed E-state index contributed by atoms with van der Waals surface area (Å²) in [5.41, 5.74) is 21.7. The number of fused-ring (bicyclic) bond motifs is 9. The molecule has 0 bridgehead atoms. The molecule has 0 spiro atoms. The average Bonchev–Trinajstić information content (AvgIpc) is 4.35. The third kappa shape index (κ3) is 6.70. The van der Waals surface area contributed by atoms with Crippen molar-refractivity contribution in [2.45, 2.75) is 10.8 Å². The molecule has 0 radical (unpaired) electrons. The molecule has 2 aliphatic rings. The van der Waals surface area contributed by atoms with Crippen LogP contribution in [0.1, 0.15) is 44.5 Å². The van der Waals surface area contributed by atoms with Crippen molar-refractivity contribution in [3.8, 4) is 22.3 Å². The van der Waals surface area contributed by atoms with Gasteiger partial charge in [0.15, 0.2) is 0 Å². The largest absolute Gasteiger partial charge is 0.456 e. The van der Waals surface area contributed by atoms with Crippen molar-refractivity contribution in [2.24, 2.45) is 0 Å². The molecule has 0 unspecified atom stereocenters. The van der Waals surface area contributed by atoms with E-state index in [-0.39, 0.29) is 0 Å². The molecule has 3 nitrogen and oxygen atoms in total. The van der Waals surface area contributed by atoms with Crippen LogP contribution in [0, 0.1) is 0 Å². The lowest BCUT2D eigenvalue weighted by molar-refractivity contribution is 0.669. The minimum atomic E-state index is -0.628. The van der Waals surface area contributed by atoms with E-state index in [1.54, 1.807) is 0 Å². The number of anilines is 6. The van der Waals surface area contributed by atoms with E-state index in [9.17, 15) is 0 Å². The Bertz CT molecular complexity index is 4270. The van der Waals surface area contributed by atoms with Gasteiger partial charge in [0, 0.05) is 44.8 Å². The highest BCUT2D eigenvalue weighted by Crippen LogP contribution is 2.61. The van der Waals surface area contributed by atoms with Gasteiger partial charge in [-0.05, 0) is 134 Å². The van der Waals surface area contributed by atoms with Crippen molar-refractivity contribution in [3.63, 3.8) is 0 Å². The van der Waals surface area contributed by atoms with Crippen molar-refractivity contribution in [2.75, 3.05) is 9.80 Å². The van der Waals surface area contributed by atoms with Crippen LogP contribution < -0.4 is 9.80 Å². The number of nitrogens with zero attached hydrogens (tertiary/aromatic N) is 2. The minimum Gasteiger partial charge on any atom is -0.456 e. The Labute approximate surface area is 448 Å². The van der Waals surface area contributed by atoms with Gasteiger partial charge in [0.05, 0.1) is 16.5 Å². The molecule has 0 saturated heterocycles. The van der Waals surface area contributed by atoms with Crippen LogP contribution in [0.4, 0.5) is 34.1 Å². The van der Waals surface area contributed by atoms with Gasteiger partial charge in [0.1, 0.15) is 11.2 Å². The Morgan fingerprint density at radius 3 is 1.30 bits per heavy atom. The van der Waals surface area contributed by atoms with Crippen LogP contribution in [0.15, 0.2) is 308 Å².